The molecule has 0 bridgehead atoms. The zero-order valence-corrected chi connectivity index (χ0v) is 13.4. The highest BCUT2D eigenvalue weighted by atomic mass is 79.9. The maximum atomic E-state index is 12.8. The lowest BCUT2D eigenvalue weighted by Crippen LogP contribution is -2.41. The first-order valence-electron chi connectivity index (χ1n) is 6.34. The lowest BCUT2D eigenvalue weighted by molar-refractivity contribution is -0.137. The van der Waals surface area contributed by atoms with Crippen LogP contribution in [0.3, 0.4) is 0 Å². The fraction of sp³-hybridized carbons (Fsp3) is 0.500. The van der Waals surface area contributed by atoms with E-state index in [0.717, 1.165) is 12.1 Å². The summed E-state index contributed by atoms with van der Waals surface area (Å²) in [6.45, 7) is 5.77. The van der Waals surface area contributed by atoms with Crippen LogP contribution in [0.25, 0.3) is 0 Å². The smallest absolute Gasteiger partial charge is 0.416 e. The third kappa shape index (κ3) is 3.51. The van der Waals surface area contributed by atoms with E-state index < -0.39 is 29.5 Å². The summed E-state index contributed by atoms with van der Waals surface area (Å²) in [4.78, 5) is 13.3. The summed E-state index contributed by atoms with van der Waals surface area (Å²) < 4.78 is 44.0. The molecule has 1 atom stereocenters. The minimum absolute atomic E-state index is 0.232. The topological polar surface area (TPSA) is 29.5 Å². The maximum absolute atomic E-state index is 12.8. The van der Waals surface area contributed by atoms with Gasteiger partial charge in [0.25, 0.3) is 0 Å². The Morgan fingerprint density at radius 3 is 2.33 bits per heavy atom. The van der Waals surface area contributed by atoms with Gasteiger partial charge in [-0.3, -0.25) is 4.90 Å². The third-order valence-electron chi connectivity index (χ3n) is 3.24. The number of halogens is 4. The first-order valence-corrected chi connectivity index (χ1v) is 7.14. The summed E-state index contributed by atoms with van der Waals surface area (Å²) in [6, 6.07) is 3.57. The SMILES string of the molecule is CC(C)(C)N1CC(c2cc(Br)cc(C(F)(F)F)c2)OC1=O. The number of hydrogen-bond donors (Lipinski definition) is 0. The van der Waals surface area contributed by atoms with Crippen LogP contribution < -0.4 is 0 Å². The highest BCUT2D eigenvalue weighted by molar-refractivity contribution is 9.10. The van der Waals surface area contributed by atoms with Crippen LogP contribution in [0, 0.1) is 0 Å². The van der Waals surface area contributed by atoms with Crippen molar-refractivity contribution in [2.75, 3.05) is 6.54 Å². The van der Waals surface area contributed by atoms with E-state index in [1.807, 2.05) is 20.8 Å². The van der Waals surface area contributed by atoms with E-state index in [4.69, 9.17) is 4.74 Å². The Morgan fingerprint density at radius 2 is 1.86 bits per heavy atom. The number of nitrogens with zero attached hydrogens (tertiary/aromatic N) is 1. The van der Waals surface area contributed by atoms with E-state index in [1.54, 1.807) is 6.07 Å². The molecule has 0 aliphatic carbocycles. The first-order chi connectivity index (χ1) is 9.48. The predicted molar refractivity (Wildman–Crippen MR) is 74.8 cm³/mol. The van der Waals surface area contributed by atoms with E-state index in [1.165, 1.54) is 4.90 Å². The first kappa shape index (κ1) is 16.1. The number of amides is 1. The van der Waals surface area contributed by atoms with Gasteiger partial charge in [0.2, 0.25) is 0 Å². The normalized spacial score (nSPS) is 19.9. The van der Waals surface area contributed by atoms with Crippen LogP contribution in [0.5, 0.6) is 0 Å². The molecule has 7 heteroatoms. The Kier molecular flexibility index (Phi) is 3.99. The fourth-order valence-electron chi connectivity index (χ4n) is 2.15. The van der Waals surface area contributed by atoms with Gasteiger partial charge in [0.1, 0.15) is 6.10 Å². The average molecular weight is 366 g/mol. The molecule has 21 heavy (non-hydrogen) atoms. The highest BCUT2D eigenvalue weighted by Gasteiger charge is 2.40. The lowest BCUT2D eigenvalue weighted by atomic mass is 10.0. The van der Waals surface area contributed by atoms with Gasteiger partial charge in [-0.25, -0.2) is 4.79 Å². The van der Waals surface area contributed by atoms with Crippen molar-refractivity contribution in [3.05, 3.63) is 33.8 Å². The monoisotopic (exact) mass is 365 g/mol. The summed E-state index contributed by atoms with van der Waals surface area (Å²) in [6.07, 6.45) is -5.65. The summed E-state index contributed by atoms with van der Waals surface area (Å²) in [5.74, 6) is 0. The molecule has 0 saturated carbocycles. The second kappa shape index (κ2) is 5.19. The lowest BCUT2D eigenvalue weighted by Gasteiger charge is -2.29. The summed E-state index contributed by atoms with van der Waals surface area (Å²) in [5, 5.41) is 0. The number of alkyl halides is 3. The molecule has 1 amide bonds. The molecule has 1 aliphatic rings. The van der Waals surface area contributed by atoms with Crippen molar-refractivity contribution in [3.63, 3.8) is 0 Å². The minimum atomic E-state index is -4.44. The molecule has 0 radical (unpaired) electrons. The van der Waals surface area contributed by atoms with Crippen molar-refractivity contribution in [2.24, 2.45) is 0 Å². The van der Waals surface area contributed by atoms with Gasteiger partial charge >= 0.3 is 12.3 Å². The van der Waals surface area contributed by atoms with Crippen LogP contribution in [-0.2, 0) is 10.9 Å². The summed E-state index contributed by atoms with van der Waals surface area (Å²) in [5.41, 5.74) is -0.876. The van der Waals surface area contributed by atoms with Gasteiger partial charge in [0.05, 0.1) is 12.1 Å². The number of ether oxygens (including phenoxy) is 1. The molecule has 1 unspecified atom stereocenters. The Hall–Kier alpha value is -1.24. The molecule has 1 aromatic carbocycles. The van der Waals surface area contributed by atoms with Crippen LogP contribution in [0.4, 0.5) is 18.0 Å². The van der Waals surface area contributed by atoms with Crippen LogP contribution in [0.2, 0.25) is 0 Å². The van der Waals surface area contributed by atoms with E-state index >= 15 is 0 Å². The van der Waals surface area contributed by atoms with Gasteiger partial charge in [0, 0.05) is 10.0 Å². The van der Waals surface area contributed by atoms with Gasteiger partial charge in [0.15, 0.2) is 0 Å². The molecule has 1 heterocycles. The van der Waals surface area contributed by atoms with Crippen molar-refractivity contribution in [1.29, 1.82) is 0 Å². The number of carbonyl (C=O) groups excluding carboxylic acids is 1. The van der Waals surface area contributed by atoms with Gasteiger partial charge in [-0.1, -0.05) is 15.9 Å². The Bertz CT molecular complexity index is 566. The molecular weight excluding hydrogens is 351 g/mol. The summed E-state index contributed by atoms with van der Waals surface area (Å²) in [7, 11) is 0. The number of rotatable bonds is 1. The molecule has 1 aliphatic heterocycles. The Morgan fingerprint density at radius 1 is 1.24 bits per heavy atom. The number of cyclic esters (lactones) is 1. The third-order valence-corrected chi connectivity index (χ3v) is 3.70. The molecule has 0 N–H and O–H groups in total. The molecule has 2 rings (SSSR count). The molecule has 0 spiro atoms. The average Bonchev–Trinajstić information content (AvgIpc) is 2.69. The quantitative estimate of drug-likeness (QED) is 0.717. The molecule has 1 fully saturated rings. The fourth-order valence-corrected chi connectivity index (χ4v) is 2.66. The van der Waals surface area contributed by atoms with Crippen LogP contribution in [0.1, 0.15) is 38.0 Å². The van der Waals surface area contributed by atoms with E-state index in [0.29, 0.717) is 10.0 Å². The number of carbonyl (C=O) groups is 1. The largest absolute Gasteiger partial charge is 0.439 e. The molecule has 116 valence electrons. The minimum Gasteiger partial charge on any atom is -0.439 e. The van der Waals surface area contributed by atoms with E-state index in [2.05, 4.69) is 15.9 Å². The summed E-state index contributed by atoms with van der Waals surface area (Å²) >= 11 is 3.07. The molecule has 0 aromatic heterocycles. The molecule has 3 nitrogen and oxygen atoms in total. The van der Waals surface area contributed by atoms with Crippen LogP contribution >= 0.6 is 15.9 Å². The van der Waals surface area contributed by atoms with Crippen LogP contribution in [0.15, 0.2) is 22.7 Å². The van der Waals surface area contributed by atoms with Crippen molar-refractivity contribution in [2.45, 2.75) is 38.6 Å². The second-order valence-electron chi connectivity index (χ2n) is 5.92. The molecular formula is C14H15BrF3NO2. The highest BCUT2D eigenvalue weighted by Crippen LogP contribution is 2.36. The van der Waals surface area contributed by atoms with Gasteiger partial charge in [-0.15, -0.1) is 0 Å². The zero-order valence-electron chi connectivity index (χ0n) is 11.8. The number of hydrogen-bond acceptors (Lipinski definition) is 2. The second-order valence-corrected chi connectivity index (χ2v) is 6.84. The van der Waals surface area contributed by atoms with Crippen LogP contribution in [-0.4, -0.2) is 23.1 Å². The van der Waals surface area contributed by atoms with Crippen molar-refractivity contribution < 1.29 is 22.7 Å². The van der Waals surface area contributed by atoms with Crippen molar-refractivity contribution in [1.82, 2.24) is 4.90 Å². The maximum Gasteiger partial charge on any atom is 0.416 e. The predicted octanol–water partition coefficient (Wildman–Crippen LogP) is 4.76. The van der Waals surface area contributed by atoms with Gasteiger partial charge < -0.3 is 4.74 Å². The zero-order chi connectivity index (χ0) is 16.0. The number of benzene rings is 1. The van der Waals surface area contributed by atoms with Gasteiger partial charge in [-0.2, -0.15) is 13.2 Å². The van der Waals surface area contributed by atoms with Crippen molar-refractivity contribution in [3.8, 4) is 0 Å². The van der Waals surface area contributed by atoms with Gasteiger partial charge in [-0.05, 0) is 44.5 Å². The Balaban J connectivity index is 2.32. The standard InChI is InChI=1S/C14H15BrF3NO2/c1-13(2,3)19-7-11(21-12(19)20)8-4-9(14(16,17)18)6-10(15)5-8/h4-6,11H,7H2,1-3H3. The van der Waals surface area contributed by atoms with Crippen molar-refractivity contribution >= 4 is 22.0 Å². The molecule has 1 saturated heterocycles. The van der Waals surface area contributed by atoms with E-state index in [9.17, 15) is 18.0 Å². The van der Waals surface area contributed by atoms with E-state index in [-0.39, 0.29) is 6.54 Å². The Labute approximate surface area is 129 Å². The molecule has 1 aromatic rings.